The minimum Gasteiger partial charge on any atom is -0.480 e. The van der Waals surface area contributed by atoms with Gasteiger partial charge in [-0.2, -0.15) is 0 Å². The van der Waals surface area contributed by atoms with Crippen LogP contribution in [0.4, 0.5) is 0 Å². The molecule has 128 valence electrons. The Morgan fingerprint density at radius 1 is 1.23 bits per heavy atom. The highest BCUT2D eigenvalue weighted by atomic mass is 16.4. The number of aliphatic hydroxyl groups is 1. The molecule has 2 N–H and O–H groups in total. The molecule has 1 aliphatic heterocycles. The van der Waals surface area contributed by atoms with Crippen LogP contribution in [0.2, 0.25) is 0 Å². The van der Waals surface area contributed by atoms with Gasteiger partial charge in [-0.3, -0.25) is 19.4 Å². The lowest BCUT2D eigenvalue weighted by Crippen LogP contribution is -2.48. The van der Waals surface area contributed by atoms with Gasteiger partial charge in [0.2, 0.25) is 5.91 Å². The SMILES string of the molecule is CC[C@@H](C(=O)N1C[C@@H](O)[C@H](N(C)CC(=O)O)C1)N(CC)CC. The quantitative estimate of drug-likeness (QED) is 0.639. The second kappa shape index (κ2) is 8.45. The van der Waals surface area contributed by atoms with Crippen LogP contribution in [0.3, 0.4) is 0 Å². The van der Waals surface area contributed by atoms with Gasteiger partial charge >= 0.3 is 5.97 Å². The molecular weight excluding hydrogens is 286 g/mol. The molecule has 0 saturated carbocycles. The van der Waals surface area contributed by atoms with Crippen molar-refractivity contribution in [3.05, 3.63) is 0 Å². The van der Waals surface area contributed by atoms with Gasteiger partial charge in [-0.25, -0.2) is 0 Å². The van der Waals surface area contributed by atoms with Gasteiger partial charge in [0, 0.05) is 13.1 Å². The molecule has 1 fully saturated rings. The van der Waals surface area contributed by atoms with E-state index < -0.39 is 12.1 Å². The predicted molar refractivity (Wildman–Crippen MR) is 83.6 cm³/mol. The van der Waals surface area contributed by atoms with Crippen molar-refractivity contribution in [2.24, 2.45) is 0 Å². The van der Waals surface area contributed by atoms with E-state index in [1.807, 2.05) is 20.8 Å². The van der Waals surface area contributed by atoms with Crippen LogP contribution in [0, 0.1) is 0 Å². The normalized spacial score (nSPS) is 23.3. The zero-order chi connectivity index (χ0) is 16.9. The van der Waals surface area contributed by atoms with Crippen molar-refractivity contribution in [2.75, 3.05) is 39.8 Å². The maximum Gasteiger partial charge on any atom is 0.317 e. The van der Waals surface area contributed by atoms with Crippen molar-refractivity contribution < 1.29 is 19.8 Å². The Bertz CT molecular complexity index is 387. The van der Waals surface area contributed by atoms with Crippen LogP contribution in [0.15, 0.2) is 0 Å². The molecule has 0 radical (unpaired) electrons. The van der Waals surface area contributed by atoms with Gasteiger partial charge in [0.1, 0.15) is 0 Å². The van der Waals surface area contributed by atoms with Gasteiger partial charge in [-0.15, -0.1) is 0 Å². The number of carboxylic acids is 1. The Labute approximate surface area is 132 Å². The maximum atomic E-state index is 12.7. The number of aliphatic hydroxyl groups excluding tert-OH is 1. The summed E-state index contributed by atoms with van der Waals surface area (Å²) in [6.45, 7) is 8.16. The molecule has 22 heavy (non-hydrogen) atoms. The third kappa shape index (κ3) is 4.41. The maximum absolute atomic E-state index is 12.7. The number of hydrogen-bond acceptors (Lipinski definition) is 5. The molecule has 7 heteroatoms. The van der Waals surface area contributed by atoms with E-state index in [2.05, 4.69) is 4.90 Å². The molecule has 1 amide bonds. The van der Waals surface area contributed by atoms with Crippen molar-refractivity contribution in [3.8, 4) is 0 Å². The first-order valence-electron chi connectivity index (χ1n) is 7.98. The fraction of sp³-hybridized carbons (Fsp3) is 0.867. The molecule has 1 aliphatic rings. The number of β-amino-alcohol motifs (C(OH)–C–C–N with tert-alkyl or cyclic N) is 1. The van der Waals surface area contributed by atoms with E-state index in [-0.39, 0.29) is 31.1 Å². The van der Waals surface area contributed by atoms with Crippen LogP contribution in [0.5, 0.6) is 0 Å². The van der Waals surface area contributed by atoms with Crippen LogP contribution in [0.25, 0.3) is 0 Å². The molecule has 0 bridgehead atoms. The van der Waals surface area contributed by atoms with Crippen molar-refractivity contribution in [1.29, 1.82) is 0 Å². The Balaban J connectivity index is 2.74. The van der Waals surface area contributed by atoms with Crippen molar-refractivity contribution in [1.82, 2.24) is 14.7 Å². The number of carbonyl (C=O) groups is 2. The zero-order valence-corrected chi connectivity index (χ0v) is 14.0. The number of carboxylic acid groups (broad SMARTS) is 1. The predicted octanol–water partition coefficient (Wildman–Crippen LogP) is -0.305. The van der Waals surface area contributed by atoms with Gasteiger partial charge in [-0.1, -0.05) is 20.8 Å². The molecule has 0 aromatic heterocycles. The first kappa shape index (κ1) is 18.9. The average Bonchev–Trinajstić information content (AvgIpc) is 2.85. The van der Waals surface area contributed by atoms with Crippen molar-refractivity contribution >= 4 is 11.9 Å². The standard InChI is InChI=1S/C15H29N3O4/c1-5-11(17(6-2)7-3)15(22)18-8-12(13(19)9-18)16(4)10-14(20)21/h11-13,19H,5-10H2,1-4H3,(H,20,21)/t11-,12+,13+/m0/s1. The lowest BCUT2D eigenvalue weighted by atomic mass is 10.1. The molecule has 0 aromatic carbocycles. The van der Waals surface area contributed by atoms with E-state index in [4.69, 9.17) is 5.11 Å². The largest absolute Gasteiger partial charge is 0.480 e. The second-order valence-electron chi connectivity index (χ2n) is 5.83. The topological polar surface area (TPSA) is 84.3 Å². The highest BCUT2D eigenvalue weighted by Crippen LogP contribution is 2.18. The molecule has 0 unspecified atom stereocenters. The summed E-state index contributed by atoms with van der Waals surface area (Å²) >= 11 is 0. The van der Waals surface area contributed by atoms with E-state index in [0.717, 1.165) is 19.5 Å². The summed E-state index contributed by atoms with van der Waals surface area (Å²) in [7, 11) is 1.66. The van der Waals surface area contributed by atoms with E-state index in [1.54, 1.807) is 16.8 Å². The highest BCUT2D eigenvalue weighted by Gasteiger charge is 2.39. The molecule has 1 saturated heterocycles. The number of likely N-dealkylation sites (N-methyl/N-ethyl adjacent to an activating group) is 2. The Morgan fingerprint density at radius 3 is 2.27 bits per heavy atom. The van der Waals surface area contributed by atoms with Crippen molar-refractivity contribution in [2.45, 2.75) is 45.4 Å². The minimum absolute atomic E-state index is 0.0245. The number of rotatable bonds is 8. The summed E-state index contributed by atoms with van der Waals surface area (Å²) in [4.78, 5) is 28.9. The average molecular weight is 315 g/mol. The minimum atomic E-state index is -0.936. The van der Waals surface area contributed by atoms with E-state index in [9.17, 15) is 14.7 Å². The lowest BCUT2D eigenvalue weighted by molar-refractivity contribution is -0.138. The molecule has 0 aromatic rings. The van der Waals surface area contributed by atoms with Crippen LogP contribution >= 0.6 is 0 Å². The molecule has 1 rings (SSSR count). The van der Waals surface area contributed by atoms with Gasteiger partial charge in [0.05, 0.1) is 24.7 Å². The van der Waals surface area contributed by atoms with E-state index in [0.29, 0.717) is 6.54 Å². The number of likely N-dealkylation sites (tertiary alicyclic amines) is 1. The zero-order valence-electron chi connectivity index (χ0n) is 14.0. The van der Waals surface area contributed by atoms with Gasteiger partial charge in [0.25, 0.3) is 0 Å². The van der Waals surface area contributed by atoms with Crippen molar-refractivity contribution in [3.63, 3.8) is 0 Å². The van der Waals surface area contributed by atoms with E-state index >= 15 is 0 Å². The molecule has 3 atom stereocenters. The molecule has 0 aliphatic carbocycles. The first-order chi connectivity index (χ1) is 10.3. The molecular formula is C15H29N3O4. The summed E-state index contributed by atoms with van der Waals surface area (Å²) in [6, 6.07) is -0.500. The molecule has 1 heterocycles. The smallest absolute Gasteiger partial charge is 0.317 e. The number of carbonyl (C=O) groups excluding carboxylic acids is 1. The fourth-order valence-corrected chi connectivity index (χ4v) is 3.18. The summed E-state index contributed by atoms with van der Waals surface area (Å²) < 4.78 is 0. The molecule has 0 spiro atoms. The number of nitrogens with zero attached hydrogens (tertiary/aromatic N) is 3. The lowest BCUT2D eigenvalue weighted by Gasteiger charge is -2.31. The third-order valence-electron chi connectivity index (χ3n) is 4.45. The van der Waals surface area contributed by atoms with E-state index in [1.165, 1.54) is 0 Å². The molecule has 7 nitrogen and oxygen atoms in total. The Morgan fingerprint density at radius 2 is 1.82 bits per heavy atom. The van der Waals surface area contributed by atoms with Gasteiger partial charge in [-0.05, 0) is 26.6 Å². The van der Waals surface area contributed by atoms with Crippen LogP contribution < -0.4 is 0 Å². The number of aliphatic carboxylic acids is 1. The Hall–Kier alpha value is -1.18. The third-order valence-corrected chi connectivity index (χ3v) is 4.45. The van der Waals surface area contributed by atoms with Crippen LogP contribution in [0.1, 0.15) is 27.2 Å². The van der Waals surface area contributed by atoms with Crippen LogP contribution in [-0.4, -0.2) is 94.7 Å². The number of amides is 1. The van der Waals surface area contributed by atoms with Crippen LogP contribution in [-0.2, 0) is 9.59 Å². The fourth-order valence-electron chi connectivity index (χ4n) is 3.18. The summed E-state index contributed by atoms with van der Waals surface area (Å²) in [6.07, 6.45) is 0.0189. The van der Waals surface area contributed by atoms with Gasteiger partial charge in [0.15, 0.2) is 0 Å². The summed E-state index contributed by atoms with van der Waals surface area (Å²) in [5, 5.41) is 19.0. The Kier molecular flexibility index (Phi) is 7.25. The highest BCUT2D eigenvalue weighted by molar-refractivity contribution is 5.82. The first-order valence-corrected chi connectivity index (χ1v) is 7.98. The van der Waals surface area contributed by atoms with Gasteiger partial charge < -0.3 is 15.1 Å². The second-order valence-corrected chi connectivity index (χ2v) is 5.83. The summed E-state index contributed by atoms with van der Waals surface area (Å²) in [5.41, 5.74) is 0. The summed E-state index contributed by atoms with van der Waals surface area (Å²) in [5.74, 6) is -0.912. The monoisotopic (exact) mass is 315 g/mol. The number of hydrogen-bond donors (Lipinski definition) is 2.